The van der Waals surface area contributed by atoms with E-state index in [-0.39, 0.29) is 0 Å². The second-order valence-corrected chi connectivity index (χ2v) is 6.75. The number of benzene rings is 1. The number of aryl methyl sites for hydroxylation is 1. The van der Waals surface area contributed by atoms with E-state index < -0.39 is 0 Å². The molecule has 0 saturated heterocycles. The summed E-state index contributed by atoms with van der Waals surface area (Å²) in [5.74, 6) is 3.63. The van der Waals surface area contributed by atoms with Crippen molar-refractivity contribution in [2.24, 2.45) is 4.40 Å². The van der Waals surface area contributed by atoms with Crippen molar-refractivity contribution in [1.29, 1.82) is 0 Å². The Morgan fingerprint density at radius 2 is 2.25 bits per heavy atom. The Morgan fingerprint density at radius 1 is 1.50 bits per heavy atom. The number of hydrogen-bond donors (Lipinski definition) is 0. The van der Waals surface area contributed by atoms with Gasteiger partial charge in [0.1, 0.15) is 5.82 Å². The molecule has 0 N–H and O–H groups in total. The Labute approximate surface area is 148 Å². The molecule has 0 bridgehead atoms. The van der Waals surface area contributed by atoms with Crippen molar-refractivity contribution in [3.63, 3.8) is 0 Å². The van der Waals surface area contributed by atoms with Gasteiger partial charge < -0.3 is 9.47 Å². The third-order valence-corrected chi connectivity index (χ3v) is 4.34. The number of imidazole rings is 1. The van der Waals surface area contributed by atoms with Crippen molar-refractivity contribution in [2.75, 3.05) is 14.1 Å². The summed E-state index contributed by atoms with van der Waals surface area (Å²) in [6.07, 6.45) is 9.37. The minimum absolute atomic E-state index is 0.503. The zero-order valence-electron chi connectivity index (χ0n) is 14.8. The lowest BCUT2D eigenvalue weighted by Crippen LogP contribution is -2.06. The number of hydrogen-bond acceptors (Lipinski definition) is 3. The predicted octanol–water partition coefficient (Wildman–Crippen LogP) is 4.39. The monoisotopic (exact) mass is 340 g/mol. The number of fused-ring (bicyclic) bond motifs is 1. The van der Waals surface area contributed by atoms with Gasteiger partial charge in [0.05, 0.1) is 28.8 Å². The van der Waals surface area contributed by atoms with Crippen LogP contribution in [-0.4, -0.2) is 34.9 Å². The van der Waals surface area contributed by atoms with Crippen LogP contribution in [0.5, 0.6) is 0 Å². The van der Waals surface area contributed by atoms with Crippen LogP contribution in [-0.2, 0) is 6.54 Å². The normalized spacial score (nSPS) is 11.1. The molecule has 0 spiro atoms. The number of allylic oxidation sites excluding steroid dienone is 1. The first-order chi connectivity index (χ1) is 11.5. The maximum absolute atomic E-state index is 5.53. The number of aromatic nitrogens is 2. The van der Waals surface area contributed by atoms with Crippen LogP contribution in [0.4, 0.5) is 0 Å². The van der Waals surface area contributed by atoms with Crippen molar-refractivity contribution in [3.05, 3.63) is 30.1 Å². The molecule has 2 rings (SSSR count). The van der Waals surface area contributed by atoms with E-state index >= 15 is 0 Å². The van der Waals surface area contributed by atoms with Crippen molar-refractivity contribution in [3.8, 4) is 12.3 Å². The highest BCUT2D eigenvalue weighted by atomic mass is 32.2. The third-order valence-electron chi connectivity index (χ3n) is 3.64. The van der Waals surface area contributed by atoms with Gasteiger partial charge >= 0.3 is 0 Å². The Hall–Kier alpha value is -2.19. The first kappa shape index (κ1) is 18.2. The smallest absolute Gasteiger partial charge is 0.107 e. The summed E-state index contributed by atoms with van der Waals surface area (Å²) >= 11 is 1.44. The first-order valence-electron chi connectivity index (χ1n) is 7.97. The van der Waals surface area contributed by atoms with Gasteiger partial charge in [-0.1, -0.05) is 25.8 Å². The van der Waals surface area contributed by atoms with E-state index in [1.807, 2.05) is 25.9 Å². The summed E-state index contributed by atoms with van der Waals surface area (Å²) < 4.78 is 6.51. The standard InChI is InChI=1S/C19H24N4S/c1-7-9-14(3)16-11-17-19(23(10-8-2)15(4)21-17)18(12-16)24-20-13-22(5)6/h2,11-13H,3,7,9-10H2,1,4-6H3. The molecule has 126 valence electrons. The summed E-state index contributed by atoms with van der Waals surface area (Å²) in [6.45, 7) is 8.86. The Morgan fingerprint density at radius 3 is 2.88 bits per heavy atom. The molecule has 0 fully saturated rings. The molecule has 0 atom stereocenters. The topological polar surface area (TPSA) is 33.4 Å². The largest absolute Gasteiger partial charge is 0.368 e. The Balaban J connectivity index is 2.59. The molecule has 0 amide bonds. The summed E-state index contributed by atoms with van der Waals surface area (Å²) in [6, 6.07) is 4.25. The van der Waals surface area contributed by atoms with Gasteiger partial charge in [-0.25, -0.2) is 9.38 Å². The number of terminal acetylenes is 1. The van der Waals surface area contributed by atoms with Crippen LogP contribution in [0.1, 0.15) is 31.2 Å². The molecule has 0 aliphatic rings. The van der Waals surface area contributed by atoms with Crippen LogP contribution >= 0.6 is 11.9 Å². The highest BCUT2D eigenvalue weighted by Crippen LogP contribution is 2.33. The molecule has 5 heteroatoms. The van der Waals surface area contributed by atoms with Crippen molar-refractivity contribution in [2.45, 2.75) is 38.1 Å². The second kappa shape index (κ2) is 8.07. The fraction of sp³-hybridized carbons (Fsp3) is 0.368. The zero-order valence-corrected chi connectivity index (χ0v) is 15.7. The fourth-order valence-electron chi connectivity index (χ4n) is 2.53. The number of nitrogens with zero attached hydrogens (tertiary/aromatic N) is 4. The van der Waals surface area contributed by atoms with E-state index in [1.54, 1.807) is 6.34 Å². The number of rotatable bonds is 7. The molecule has 0 aliphatic carbocycles. The Bertz CT molecular complexity index is 809. The lowest BCUT2D eigenvalue weighted by Gasteiger charge is -2.10. The summed E-state index contributed by atoms with van der Waals surface area (Å²) in [5, 5.41) is 0. The van der Waals surface area contributed by atoms with Crippen LogP contribution in [0.3, 0.4) is 0 Å². The zero-order chi connectivity index (χ0) is 17.7. The molecule has 0 unspecified atom stereocenters. The Kier molecular flexibility index (Phi) is 6.10. The molecule has 1 aromatic carbocycles. The van der Waals surface area contributed by atoms with E-state index in [4.69, 9.17) is 6.42 Å². The van der Waals surface area contributed by atoms with E-state index in [1.165, 1.54) is 11.9 Å². The first-order valence-corrected chi connectivity index (χ1v) is 8.74. The highest BCUT2D eigenvalue weighted by Gasteiger charge is 2.14. The lowest BCUT2D eigenvalue weighted by atomic mass is 10.0. The van der Waals surface area contributed by atoms with Crippen LogP contribution in [0.2, 0.25) is 0 Å². The van der Waals surface area contributed by atoms with Crippen LogP contribution in [0.15, 0.2) is 28.0 Å². The van der Waals surface area contributed by atoms with E-state index in [0.717, 1.165) is 45.7 Å². The van der Waals surface area contributed by atoms with Gasteiger partial charge in [0, 0.05) is 26.0 Å². The second-order valence-electron chi connectivity index (χ2n) is 5.92. The summed E-state index contributed by atoms with van der Waals surface area (Å²) in [7, 11) is 3.90. The van der Waals surface area contributed by atoms with Crippen LogP contribution in [0, 0.1) is 19.3 Å². The van der Waals surface area contributed by atoms with Gasteiger partial charge in [0.15, 0.2) is 0 Å². The third kappa shape index (κ3) is 4.01. The fourth-order valence-corrected chi connectivity index (χ4v) is 3.36. The summed E-state index contributed by atoms with van der Waals surface area (Å²) in [5.41, 5.74) is 4.23. The van der Waals surface area contributed by atoms with Gasteiger partial charge in [0.2, 0.25) is 0 Å². The molecule has 2 aromatic rings. The van der Waals surface area contributed by atoms with Crippen molar-refractivity contribution in [1.82, 2.24) is 14.5 Å². The average molecular weight is 340 g/mol. The van der Waals surface area contributed by atoms with E-state index in [2.05, 4.69) is 45.5 Å². The van der Waals surface area contributed by atoms with Crippen LogP contribution < -0.4 is 0 Å². The molecule has 0 saturated carbocycles. The minimum atomic E-state index is 0.503. The van der Waals surface area contributed by atoms with E-state index in [9.17, 15) is 0 Å². The van der Waals surface area contributed by atoms with Gasteiger partial charge in [-0.3, -0.25) is 0 Å². The highest BCUT2D eigenvalue weighted by molar-refractivity contribution is 7.98. The minimum Gasteiger partial charge on any atom is -0.368 e. The van der Waals surface area contributed by atoms with Gasteiger partial charge in [0.25, 0.3) is 0 Å². The molecule has 0 aliphatic heterocycles. The van der Waals surface area contributed by atoms with Crippen molar-refractivity contribution >= 4 is 34.9 Å². The molecular weight excluding hydrogens is 316 g/mol. The summed E-state index contributed by atoms with van der Waals surface area (Å²) in [4.78, 5) is 7.65. The average Bonchev–Trinajstić information content (AvgIpc) is 2.83. The molecule has 1 heterocycles. The molecule has 1 aromatic heterocycles. The quantitative estimate of drug-likeness (QED) is 0.324. The predicted molar refractivity (Wildman–Crippen MR) is 105 cm³/mol. The molecule has 4 nitrogen and oxygen atoms in total. The molecular formula is C19H24N4S. The maximum Gasteiger partial charge on any atom is 0.107 e. The van der Waals surface area contributed by atoms with Crippen molar-refractivity contribution < 1.29 is 0 Å². The van der Waals surface area contributed by atoms with Crippen LogP contribution in [0.25, 0.3) is 16.6 Å². The SMILES string of the molecule is C#CCn1c(C)nc2cc(C(=C)CCC)cc(SN=CN(C)C)c21. The lowest BCUT2D eigenvalue weighted by molar-refractivity contribution is 0.645. The molecule has 24 heavy (non-hydrogen) atoms. The maximum atomic E-state index is 5.53. The molecule has 0 radical (unpaired) electrons. The van der Waals surface area contributed by atoms with Gasteiger partial charge in [-0.2, -0.15) is 0 Å². The van der Waals surface area contributed by atoms with Gasteiger partial charge in [-0.05, 0) is 36.6 Å². The van der Waals surface area contributed by atoms with Gasteiger partial charge in [-0.15, -0.1) is 6.42 Å². The van der Waals surface area contributed by atoms with E-state index in [0.29, 0.717) is 6.54 Å².